The molecule has 0 amide bonds. The van der Waals surface area contributed by atoms with Crippen LogP contribution in [0.4, 0.5) is 0 Å². The van der Waals surface area contributed by atoms with E-state index in [1.807, 2.05) is 0 Å². The number of carbonyl (C=O) groups excluding carboxylic acids is 2. The molecule has 0 atom stereocenters. The lowest BCUT2D eigenvalue weighted by Crippen LogP contribution is -2.18. The van der Waals surface area contributed by atoms with Crippen molar-refractivity contribution in [2.75, 3.05) is 14.2 Å². The van der Waals surface area contributed by atoms with Crippen molar-refractivity contribution in [3.05, 3.63) is 11.4 Å². The number of methoxy groups -OCH3 is 2. The maximum Gasteiger partial charge on any atom is 0.360 e. The van der Waals surface area contributed by atoms with Gasteiger partial charge in [-0.05, 0) is 5.92 Å². The van der Waals surface area contributed by atoms with E-state index in [1.165, 1.54) is 14.2 Å². The van der Waals surface area contributed by atoms with Crippen LogP contribution in [-0.2, 0) is 27.2 Å². The minimum atomic E-state index is -0.598. The number of carbonyl (C=O) groups is 2. The fourth-order valence-electron chi connectivity index (χ4n) is 1.91. The van der Waals surface area contributed by atoms with Crippen molar-refractivity contribution in [1.82, 2.24) is 15.0 Å². The smallest absolute Gasteiger partial charge is 0.360 e. The molecule has 0 spiro atoms. The molecule has 0 saturated carbocycles. The molecule has 0 fully saturated rings. The Morgan fingerprint density at radius 1 is 1.20 bits per heavy atom. The van der Waals surface area contributed by atoms with Crippen LogP contribution in [0, 0.1) is 5.92 Å². The zero-order valence-electron chi connectivity index (χ0n) is 12.4. The Labute approximate surface area is 118 Å². The molecule has 1 rings (SSSR count). The quantitative estimate of drug-likeness (QED) is 0.700. The van der Waals surface area contributed by atoms with Gasteiger partial charge in [0, 0.05) is 6.54 Å². The SMILES string of the molecule is CCC(CC)Cn1nnc(C(=O)OC)c1CC(=O)OC. The van der Waals surface area contributed by atoms with Crippen LogP contribution in [0.5, 0.6) is 0 Å². The molecule has 0 radical (unpaired) electrons. The summed E-state index contributed by atoms with van der Waals surface area (Å²) in [6, 6.07) is 0. The fraction of sp³-hybridized carbons (Fsp3) is 0.692. The maximum absolute atomic E-state index is 11.7. The summed E-state index contributed by atoms with van der Waals surface area (Å²) in [5, 5.41) is 7.79. The average molecular weight is 283 g/mol. The van der Waals surface area contributed by atoms with Crippen LogP contribution in [-0.4, -0.2) is 41.2 Å². The zero-order valence-corrected chi connectivity index (χ0v) is 12.4. The number of rotatable bonds is 7. The lowest BCUT2D eigenvalue weighted by molar-refractivity contribution is -0.139. The van der Waals surface area contributed by atoms with E-state index >= 15 is 0 Å². The predicted molar refractivity (Wildman–Crippen MR) is 71.2 cm³/mol. The standard InChI is InChI=1S/C13H21N3O4/c1-5-9(6-2)8-16-10(7-11(17)19-3)12(14-15-16)13(18)20-4/h9H,5-8H2,1-4H3. The van der Waals surface area contributed by atoms with Crippen molar-refractivity contribution in [3.8, 4) is 0 Å². The molecular formula is C13H21N3O4. The molecule has 0 bridgehead atoms. The van der Waals surface area contributed by atoms with Crippen LogP contribution < -0.4 is 0 Å². The first-order valence-corrected chi connectivity index (χ1v) is 6.64. The highest BCUT2D eigenvalue weighted by molar-refractivity contribution is 5.89. The molecule has 0 aromatic carbocycles. The molecule has 7 nitrogen and oxygen atoms in total. The van der Waals surface area contributed by atoms with Gasteiger partial charge < -0.3 is 9.47 Å². The fourth-order valence-corrected chi connectivity index (χ4v) is 1.91. The van der Waals surface area contributed by atoms with Crippen molar-refractivity contribution in [3.63, 3.8) is 0 Å². The van der Waals surface area contributed by atoms with Crippen LogP contribution in [0.25, 0.3) is 0 Å². The molecule has 0 N–H and O–H groups in total. The lowest BCUT2D eigenvalue weighted by Gasteiger charge is -2.13. The van der Waals surface area contributed by atoms with Gasteiger partial charge in [-0.2, -0.15) is 0 Å². The summed E-state index contributed by atoms with van der Waals surface area (Å²) in [5.41, 5.74) is 0.513. The zero-order chi connectivity index (χ0) is 15.1. The summed E-state index contributed by atoms with van der Waals surface area (Å²) in [5.74, 6) is -0.624. The molecule has 7 heteroatoms. The molecule has 1 aromatic rings. The van der Waals surface area contributed by atoms with E-state index in [-0.39, 0.29) is 12.1 Å². The monoisotopic (exact) mass is 283 g/mol. The molecule has 0 aliphatic heterocycles. The minimum absolute atomic E-state index is 0.0475. The second kappa shape index (κ2) is 7.62. The van der Waals surface area contributed by atoms with E-state index in [2.05, 4.69) is 33.6 Å². The Balaban J connectivity index is 3.07. The lowest BCUT2D eigenvalue weighted by atomic mass is 10.0. The van der Waals surface area contributed by atoms with Gasteiger partial charge in [-0.3, -0.25) is 4.79 Å². The molecule has 0 aliphatic rings. The summed E-state index contributed by atoms with van der Waals surface area (Å²) < 4.78 is 10.9. The largest absolute Gasteiger partial charge is 0.469 e. The van der Waals surface area contributed by atoms with Crippen molar-refractivity contribution < 1.29 is 19.1 Å². The van der Waals surface area contributed by atoms with Gasteiger partial charge in [-0.25, -0.2) is 9.48 Å². The van der Waals surface area contributed by atoms with Crippen molar-refractivity contribution in [2.24, 2.45) is 5.92 Å². The third kappa shape index (κ3) is 3.79. The molecule has 112 valence electrons. The first kappa shape index (κ1) is 16.1. The van der Waals surface area contributed by atoms with Crippen LogP contribution in [0.15, 0.2) is 0 Å². The Hall–Kier alpha value is -1.92. The summed E-state index contributed by atoms with van der Waals surface area (Å²) in [7, 11) is 2.57. The van der Waals surface area contributed by atoms with Crippen LogP contribution in [0.2, 0.25) is 0 Å². The van der Waals surface area contributed by atoms with Gasteiger partial charge in [0.1, 0.15) is 0 Å². The van der Waals surface area contributed by atoms with Crippen molar-refractivity contribution >= 4 is 11.9 Å². The number of esters is 2. The van der Waals surface area contributed by atoms with Crippen LogP contribution in [0.3, 0.4) is 0 Å². The molecule has 0 saturated heterocycles. The number of nitrogens with zero attached hydrogens (tertiary/aromatic N) is 3. The average Bonchev–Trinajstić information content (AvgIpc) is 2.86. The Kier molecular flexibility index (Phi) is 6.14. The second-order valence-electron chi connectivity index (χ2n) is 4.49. The van der Waals surface area contributed by atoms with Gasteiger partial charge in [0.2, 0.25) is 0 Å². The molecule has 20 heavy (non-hydrogen) atoms. The number of ether oxygens (including phenoxy) is 2. The van der Waals surface area contributed by atoms with Gasteiger partial charge >= 0.3 is 11.9 Å². The van der Waals surface area contributed by atoms with Gasteiger partial charge in [-0.15, -0.1) is 5.10 Å². The normalized spacial score (nSPS) is 10.7. The third-order valence-corrected chi connectivity index (χ3v) is 3.34. The Morgan fingerprint density at radius 3 is 2.35 bits per heavy atom. The van der Waals surface area contributed by atoms with E-state index < -0.39 is 11.9 Å². The molecule has 1 aromatic heterocycles. The van der Waals surface area contributed by atoms with E-state index in [1.54, 1.807) is 4.68 Å². The van der Waals surface area contributed by atoms with Crippen LogP contribution in [0.1, 0.15) is 42.9 Å². The first-order chi connectivity index (χ1) is 9.57. The van der Waals surface area contributed by atoms with Crippen LogP contribution >= 0.6 is 0 Å². The number of hydrogen-bond donors (Lipinski definition) is 0. The molecule has 0 unspecified atom stereocenters. The number of aromatic nitrogens is 3. The molecular weight excluding hydrogens is 262 g/mol. The van der Waals surface area contributed by atoms with Crippen molar-refractivity contribution in [1.29, 1.82) is 0 Å². The minimum Gasteiger partial charge on any atom is -0.469 e. The molecule has 0 aliphatic carbocycles. The van der Waals surface area contributed by atoms with E-state index in [0.717, 1.165) is 12.8 Å². The summed E-state index contributed by atoms with van der Waals surface area (Å²) in [4.78, 5) is 23.1. The summed E-state index contributed by atoms with van der Waals surface area (Å²) in [6.07, 6.45) is 1.93. The topological polar surface area (TPSA) is 83.3 Å². The highest BCUT2D eigenvalue weighted by atomic mass is 16.5. The van der Waals surface area contributed by atoms with E-state index in [0.29, 0.717) is 18.2 Å². The Bertz CT molecular complexity index is 466. The predicted octanol–water partition coefficient (Wildman–Crippen LogP) is 1.22. The van der Waals surface area contributed by atoms with Gasteiger partial charge in [-0.1, -0.05) is 31.9 Å². The number of hydrogen-bond acceptors (Lipinski definition) is 6. The van der Waals surface area contributed by atoms with Gasteiger partial charge in [0.25, 0.3) is 0 Å². The molecule has 1 heterocycles. The Morgan fingerprint density at radius 2 is 1.85 bits per heavy atom. The third-order valence-electron chi connectivity index (χ3n) is 3.34. The summed E-state index contributed by atoms with van der Waals surface area (Å²) >= 11 is 0. The van der Waals surface area contributed by atoms with Gasteiger partial charge in [0.05, 0.1) is 26.3 Å². The second-order valence-corrected chi connectivity index (χ2v) is 4.49. The summed E-state index contributed by atoms with van der Waals surface area (Å²) in [6.45, 7) is 4.79. The van der Waals surface area contributed by atoms with Crippen molar-refractivity contribution in [2.45, 2.75) is 39.7 Å². The van der Waals surface area contributed by atoms with E-state index in [4.69, 9.17) is 0 Å². The van der Waals surface area contributed by atoms with E-state index in [9.17, 15) is 9.59 Å². The first-order valence-electron chi connectivity index (χ1n) is 6.64. The maximum atomic E-state index is 11.7. The highest BCUT2D eigenvalue weighted by Crippen LogP contribution is 2.15. The van der Waals surface area contributed by atoms with Gasteiger partial charge in [0.15, 0.2) is 5.69 Å². The highest BCUT2D eigenvalue weighted by Gasteiger charge is 2.23.